The predicted molar refractivity (Wildman–Crippen MR) is 106 cm³/mol. The molecule has 0 aromatic heterocycles. The van der Waals surface area contributed by atoms with Gasteiger partial charge >= 0.3 is 0 Å². The molecule has 0 unspecified atom stereocenters. The third kappa shape index (κ3) is 5.30. The summed E-state index contributed by atoms with van der Waals surface area (Å²) in [5.74, 6) is -0.980. The van der Waals surface area contributed by atoms with Crippen LogP contribution in [0.4, 0.5) is 5.69 Å². The maximum atomic E-state index is 12.7. The van der Waals surface area contributed by atoms with Gasteiger partial charge in [-0.1, -0.05) is 12.1 Å². The molecular formula is C19H27N3O5S. The van der Waals surface area contributed by atoms with Gasteiger partial charge in [0.2, 0.25) is 15.9 Å². The van der Waals surface area contributed by atoms with Gasteiger partial charge < -0.3 is 15.4 Å². The fourth-order valence-corrected chi connectivity index (χ4v) is 4.50. The number of piperidine rings is 1. The van der Waals surface area contributed by atoms with Crippen LogP contribution in [-0.2, 0) is 19.6 Å². The van der Waals surface area contributed by atoms with Gasteiger partial charge in [-0.05, 0) is 37.8 Å². The molecule has 9 heteroatoms. The molecule has 2 aliphatic rings. The Morgan fingerprint density at radius 2 is 2.00 bits per heavy atom. The van der Waals surface area contributed by atoms with Crippen LogP contribution in [0.2, 0.25) is 0 Å². The van der Waals surface area contributed by atoms with Crippen LogP contribution in [0.5, 0.6) is 0 Å². The minimum absolute atomic E-state index is 0.0370. The highest BCUT2D eigenvalue weighted by Gasteiger charge is 2.30. The number of nitrogens with zero attached hydrogens (tertiary/aromatic N) is 1. The molecule has 2 atom stereocenters. The molecule has 2 amide bonds. The molecule has 0 spiro atoms. The number of nitrogens with one attached hydrogen (secondary N) is 2. The van der Waals surface area contributed by atoms with Crippen molar-refractivity contribution in [1.82, 2.24) is 9.62 Å². The van der Waals surface area contributed by atoms with E-state index in [4.69, 9.17) is 4.74 Å². The van der Waals surface area contributed by atoms with Crippen molar-refractivity contribution in [2.45, 2.75) is 31.8 Å². The van der Waals surface area contributed by atoms with Gasteiger partial charge in [0.1, 0.15) is 0 Å². The standard InChI is InChI=1S/C19H27N3O5S/c1-28(25,26)22-10-4-6-14(13-22)18(23)21-17-9-3-2-8-16(17)19(24)20-12-15-7-5-11-27-15/h2-3,8-9,14-15H,4-7,10-13H2,1H3,(H,20,24)(H,21,23)/t14-,15-/m0/s1. The van der Waals surface area contributed by atoms with Crippen LogP contribution in [0.25, 0.3) is 0 Å². The molecule has 0 bridgehead atoms. The van der Waals surface area contributed by atoms with Crippen molar-refractivity contribution in [3.8, 4) is 0 Å². The Labute approximate surface area is 165 Å². The first-order valence-corrected chi connectivity index (χ1v) is 11.4. The number of hydrogen-bond acceptors (Lipinski definition) is 5. The van der Waals surface area contributed by atoms with E-state index in [1.165, 1.54) is 4.31 Å². The molecule has 8 nitrogen and oxygen atoms in total. The molecular weight excluding hydrogens is 382 g/mol. The summed E-state index contributed by atoms with van der Waals surface area (Å²) >= 11 is 0. The number of ether oxygens (including phenoxy) is 1. The maximum absolute atomic E-state index is 12.7. The van der Waals surface area contributed by atoms with E-state index in [1.807, 2.05) is 0 Å². The Hall–Kier alpha value is -1.97. The minimum atomic E-state index is -3.32. The highest BCUT2D eigenvalue weighted by Crippen LogP contribution is 2.22. The summed E-state index contributed by atoms with van der Waals surface area (Å²) in [6.45, 7) is 1.76. The normalized spacial score (nSPS) is 23.3. The molecule has 2 aliphatic heterocycles. The first kappa shape index (κ1) is 20.8. The van der Waals surface area contributed by atoms with Gasteiger partial charge in [0.15, 0.2) is 0 Å². The largest absolute Gasteiger partial charge is 0.376 e. The van der Waals surface area contributed by atoms with E-state index in [0.29, 0.717) is 37.2 Å². The number of benzene rings is 1. The average molecular weight is 410 g/mol. The van der Waals surface area contributed by atoms with Crippen LogP contribution in [0.15, 0.2) is 24.3 Å². The second kappa shape index (κ2) is 9.02. The van der Waals surface area contributed by atoms with Crippen molar-refractivity contribution in [3.63, 3.8) is 0 Å². The molecule has 1 aromatic rings. The second-order valence-corrected chi connectivity index (χ2v) is 9.32. The molecule has 0 saturated carbocycles. The molecule has 0 radical (unpaired) electrons. The van der Waals surface area contributed by atoms with E-state index in [9.17, 15) is 18.0 Å². The van der Waals surface area contributed by atoms with Gasteiger partial charge in [0.25, 0.3) is 5.91 Å². The molecule has 0 aliphatic carbocycles. The minimum Gasteiger partial charge on any atom is -0.376 e. The summed E-state index contributed by atoms with van der Waals surface area (Å²) < 4.78 is 30.4. The van der Waals surface area contributed by atoms with Crippen molar-refractivity contribution >= 4 is 27.5 Å². The third-order valence-corrected chi connectivity index (χ3v) is 6.44. The SMILES string of the molecule is CS(=O)(=O)N1CCC[C@H](C(=O)Nc2ccccc2C(=O)NC[C@@H]2CCCO2)C1. The zero-order valence-corrected chi connectivity index (χ0v) is 16.8. The topological polar surface area (TPSA) is 105 Å². The molecule has 1 aromatic carbocycles. The zero-order valence-electron chi connectivity index (χ0n) is 16.0. The highest BCUT2D eigenvalue weighted by atomic mass is 32.2. The van der Waals surface area contributed by atoms with Crippen molar-refractivity contribution in [3.05, 3.63) is 29.8 Å². The van der Waals surface area contributed by atoms with E-state index in [2.05, 4.69) is 10.6 Å². The zero-order chi connectivity index (χ0) is 20.1. The van der Waals surface area contributed by atoms with Crippen LogP contribution in [0.1, 0.15) is 36.0 Å². The molecule has 28 heavy (non-hydrogen) atoms. The number of amides is 2. The maximum Gasteiger partial charge on any atom is 0.253 e. The Morgan fingerprint density at radius 1 is 1.21 bits per heavy atom. The second-order valence-electron chi connectivity index (χ2n) is 7.34. The van der Waals surface area contributed by atoms with Crippen LogP contribution in [-0.4, -0.2) is 63.1 Å². The van der Waals surface area contributed by atoms with Gasteiger partial charge in [0.05, 0.1) is 29.5 Å². The molecule has 3 rings (SSSR count). The number of carbonyl (C=O) groups excluding carboxylic acids is 2. The van der Waals surface area contributed by atoms with Crippen LogP contribution in [0.3, 0.4) is 0 Å². The monoisotopic (exact) mass is 409 g/mol. The lowest BCUT2D eigenvalue weighted by Gasteiger charge is -2.30. The summed E-state index contributed by atoms with van der Waals surface area (Å²) in [7, 11) is -3.32. The van der Waals surface area contributed by atoms with Crippen LogP contribution < -0.4 is 10.6 Å². The van der Waals surface area contributed by atoms with Gasteiger partial charge in [-0.3, -0.25) is 9.59 Å². The Kier molecular flexibility index (Phi) is 6.69. The Morgan fingerprint density at radius 3 is 2.71 bits per heavy atom. The number of anilines is 1. The quantitative estimate of drug-likeness (QED) is 0.735. The fourth-order valence-electron chi connectivity index (χ4n) is 3.59. The molecule has 154 valence electrons. The van der Waals surface area contributed by atoms with Crippen molar-refractivity contribution in [2.75, 3.05) is 37.8 Å². The number of sulfonamides is 1. The van der Waals surface area contributed by atoms with Crippen molar-refractivity contribution in [2.24, 2.45) is 5.92 Å². The number of para-hydroxylation sites is 1. The van der Waals surface area contributed by atoms with Crippen LogP contribution >= 0.6 is 0 Å². The summed E-state index contributed by atoms with van der Waals surface area (Å²) in [6.07, 6.45) is 4.37. The first-order chi connectivity index (χ1) is 13.3. The lowest BCUT2D eigenvalue weighted by Crippen LogP contribution is -2.43. The lowest BCUT2D eigenvalue weighted by molar-refractivity contribution is -0.120. The first-order valence-electron chi connectivity index (χ1n) is 9.59. The number of hydrogen-bond donors (Lipinski definition) is 2. The van der Waals surface area contributed by atoms with Gasteiger partial charge in [0, 0.05) is 26.2 Å². The van der Waals surface area contributed by atoms with Gasteiger partial charge in [-0.25, -0.2) is 12.7 Å². The van der Waals surface area contributed by atoms with E-state index >= 15 is 0 Å². The number of carbonyl (C=O) groups is 2. The number of rotatable bonds is 6. The smallest absolute Gasteiger partial charge is 0.253 e. The van der Waals surface area contributed by atoms with E-state index < -0.39 is 15.9 Å². The summed E-state index contributed by atoms with van der Waals surface area (Å²) in [4.78, 5) is 25.3. The molecule has 2 saturated heterocycles. The Bertz CT molecular complexity index is 821. The van der Waals surface area contributed by atoms with Crippen molar-refractivity contribution in [1.29, 1.82) is 0 Å². The predicted octanol–water partition coefficient (Wildman–Crippen LogP) is 1.21. The summed E-state index contributed by atoms with van der Waals surface area (Å²) in [5, 5.41) is 5.67. The lowest BCUT2D eigenvalue weighted by atomic mass is 9.98. The van der Waals surface area contributed by atoms with Gasteiger partial charge in [-0.15, -0.1) is 0 Å². The van der Waals surface area contributed by atoms with Crippen molar-refractivity contribution < 1.29 is 22.7 Å². The summed E-state index contributed by atoms with van der Waals surface area (Å²) in [5.41, 5.74) is 0.804. The Balaban J connectivity index is 1.63. The van der Waals surface area contributed by atoms with E-state index in [-0.39, 0.29) is 24.5 Å². The van der Waals surface area contributed by atoms with E-state index in [0.717, 1.165) is 25.7 Å². The molecule has 2 N–H and O–H groups in total. The molecule has 2 heterocycles. The van der Waals surface area contributed by atoms with Crippen LogP contribution in [0, 0.1) is 5.92 Å². The fraction of sp³-hybridized carbons (Fsp3) is 0.579. The summed E-state index contributed by atoms with van der Waals surface area (Å²) in [6, 6.07) is 6.82. The molecule has 2 fully saturated rings. The highest BCUT2D eigenvalue weighted by molar-refractivity contribution is 7.88. The van der Waals surface area contributed by atoms with Gasteiger partial charge in [-0.2, -0.15) is 0 Å². The van der Waals surface area contributed by atoms with E-state index in [1.54, 1.807) is 24.3 Å². The average Bonchev–Trinajstić information content (AvgIpc) is 3.19. The third-order valence-electron chi connectivity index (χ3n) is 5.17.